The van der Waals surface area contributed by atoms with Crippen LogP contribution >= 0.6 is 0 Å². The summed E-state index contributed by atoms with van der Waals surface area (Å²) in [6.45, 7) is 0. The molecule has 0 amide bonds. The molecule has 1 aliphatic rings. The zero-order chi connectivity index (χ0) is 13.4. The van der Waals surface area contributed by atoms with E-state index in [-0.39, 0.29) is 4.90 Å². The van der Waals surface area contributed by atoms with Crippen LogP contribution in [0.25, 0.3) is 0 Å². The Hall–Kier alpha value is -0.940. The number of halogens is 1. The van der Waals surface area contributed by atoms with Gasteiger partial charge in [-0.1, -0.05) is 25.3 Å². The van der Waals surface area contributed by atoms with Crippen LogP contribution in [0.3, 0.4) is 0 Å². The normalized spacial score (nSPS) is 19.7. The first-order chi connectivity index (χ1) is 8.33. The molecule has 1 aromatic carbocycles. The zero-order valence-corrected chi connectivity index (χ0v) is 11.3. The van der Waals surface area contributed by atoms with E-state index in [1.54, 1.807) is 6.07 Å². The summed E-state index contributed by atoms with van der Waals surface area (Å²) in [5, 5.41) is 0. The summed E-state index contributed by atoms with van der Waals surface area (Å²) in [6.07, 6.45) is 5.87. The molecule has 0 radical (unpaired) electrons. The molecule has 1 aliphatic carbocycles. The second kappa shape index (κ2) is 4.63. The predicted octanol–water partition coefficient (Wildman–Crippen LogP) is 2.35. The van der Waals surface area contributed by atoms with E-state index < -0.39 is 21.2 Å². The highest BCUT2D eigenvalue weighted by atomic mass is 32.2. The second-order valence-electron chi connectivity index (χ2n) is 5.13. The molecular formula is C13H18FNO2S. The van der Waals surface area contributed by atoms with Gasteiger partial charge in [-0.3, -0.25) is 0 Å². The highest BCUT2D eigenvalue weighted by Gasteiger charge is 2.30. The molecule has 2 rings (SSSR count). The summed E-state index contributed by atoms with van der Waals surface area (Å²) in [6, 6.07) is 4.25. The fraction of sp³-hybridized carbons (Fsp3) is 0.538. The van der Waals surface area contributed by atoms with Gasteiger partial charge in [0.15, 0.2) is 9.84 Å². The maximum absolute atomic E-state index is 13.8. The van der Waals surface area contributed by atoms with Crippen LogP contribution in [0.2, 0.25) is 0 Å². The zero-order valence-electron chi connectivity index (χ0n) is 10.4. The van der Waals surface area contributed by atoms with Crippen LogP contribution in [0.15, 0.2) is 23.1 Å². The summed E-state index contributed by atoms with van der Waals surface area (Å²) >= 11 is 0. The van der Waals surface area contributed by atoms with Crippen molar-refractivity contribution in [1.82, 2.24) is 0 Å². The number of benzene rings is 1. The molecule has 2 N–H and O–H groups in total. The quantitative estimate of drug-likeness (QED) is 0.898. The molecule has 3 nitrogen and oxygen atoms in total. The Kier molecular flexibility index (Phi) is 3.47. The highest BCUT2D eigenvalue weighted by molar-refractivity contribution is 7.90. The standard InChI is InChI=1S/C13H18FNO2S/c1-18(16,17)12-6-5-10(9-11(12)14)13(15)7-3-2-4-8-13/h5-6,9H,2-4,7-8,15H2,1H3. The van der Waals surface area contributed by atoms with Gasteiger partial charge in [0.25, 0.3) is 0 Å². The Morgan fingerprint density at radius 3 is 2.33 bits per heavy atom. The number of nitrogens with two attached hydrogens (primary N) is 1. The smallest absolute Gasteiger partial charge is 0.178 e. The maximum atomic E-state index is 13.8. The van der Waals surface area contributed by atoms with Gasteiger partial charge in [0, 0.05) is 11.8 Å². The van der Waals surface area contributed by atoms with Gasteiger partial charge in [0.2, 0.25) is 0 Å². The highest BCUT2D eigenvalue weighted by Crippen LogP contribution is 2.35. The molecule has 0 unspecified atom stereocenters. The summed E-state index contributed by atoms with van der Waals surface area (Å²) in [4.78, 5) is -0.259. The van der Waals surface area contributed by atoms with E-state index in [0.717, 1.165) is 38.4 Å². The number of sulfone groups is 1. The largest absolute Gasteiger partial charge is 0.321 e. The lowest BCUT2D eigenvalue weighted by Gasteiger charge is -2.34. The molecule has 0 aliphatic heterocycles. The summed E-state index contributed by atoms with van der Waals surface area (Å²) in [5.41, 5.74) is 6.49. The molecule has 0 spiro atoms. The minimum Gasteiger partial charge on any atom is -0.321 e. The molecular weight excluding hydrogens is 253 g/mol. The molecule has 18 heavy (non-hydrogen) atoms. The molecule has 1 aromatic rings. The third kappa shape index (κ3) is 2.57. The number of hydrogen-bond donors (Lipinski definition) is 1. The lowest BCUT2D eigenvalue weighted by atomic mass is 9.77. The second-order valence-corrected chi connectivity index (χ2v) is 7.12. The van der Waals surface area contributed by atoms with Crippen LogP contribution in [-0.2, 0) is 15.4 Å². The van der Waals surface area contributed by atoms with Gasteiger partial charge in [0.1, 0.15) is 10.7 Å². The van der Waals surface area contributed by atoms with Crippen LogP contribution in [0.5, 0.6) is 0 Å². The van der Waals surface area contributed by atoms with Crippen LogP contribution in [-0.4, -0.2) is 14.7 Å². The summed E-state index contributed by atoms with van der Waals surface area (Å²) in [5.74, 6) is -0.703. The Bertz CT molecular complexity index is 548. The first-order valence-electron chi connectivity index (χ1n) is 6.12. The van der Waals surface area contributed by atoms with Crippen molar-refractivity contribution in [3.05, 3.63) is 29.6 Å². The van der Waals surface area contributed by atoms with E-state index in [2.05, 4.69) is 0 Å². The van der Waals surface area contributed by atoms with Gasteiger partial charge in [-0.05, 0) is 30.5 Å². The molecule has 5 heteroatoms. The average molecular weight is 271 g/mol. The van der Waals surface area contributed by atoms with Crippen molar-refractivity contribution in [2.45, 2.75) is 42.5 Å². The SMILES string of the molecule is CS(=O)(=O)c1ccc(C2(N)CCCCC2)cc1F. The molecule has 100 valence electrons. The lowest BCUT2D eigenvalue weighted by Crippen LogP contribution is -2.38. The minimum absolute atomic E-state index is 0.259. The van der Waals surface area contributed by atoms with Crippen molar-refractivity contribution >= 4 is 9.84 Å². The topological polar surface area (TPSA) is 60.2 Å². The third-order valence-corrected chi connectivity index (χ3v) is 4.78. The Morgan fingerprint density at radius 2 is 1.83 bits per heavy atom. The monoisotopic (exact) mass is 271 g/mol. The van der Waals surface area contributed by atoms with Crippen molar-refractivity contribution < 1.29 is 12.8 Å². The van der Waals surface area contributed by atoms with Gasteiger partial charge in [-0.15, -0.1) is 0 Å². The van der Waals surface area contributed by atoms with Crippen molar-refractivity contribution in [3.8, 4) is 0 Å². The van der Waals surface area contributed by atoms with Crippen molar-refractivity contribution in [2.24, 2.45) is 5.73 Å². The summed E-state index contributed by atoms with van der Waals surface area (Å²) in [7, 11) is -3.52. The minimum atomic E-state index is -3.52. The van der Waals surface area contributed by atoms with E-state index in [4.69, 9.17) is 5.73 Å². The lowest BCUT2D eigenvalue weighted by molar-refractivity contribution is 0.301. The van der Waals surface area contributed by atoms with Crippen LogP contribution in [0.1, 0.15) is 37.7 Å². The molecule has 0 aromatic heterocycles. The summed E-state index contributed by atoms with van der Waals surface area (Å²) < 4.78 is 36.5. The van der Waals surface area contributed by atoms with Crippen molar-refractivity contribution in [3.63, 3.8) is 0 Å². The third-order valence-electron chi connectivity index (χ3n) is 3.65. The fourth-order valence-electron chi connectivity index (χ4n) is 2.58. The first-order valence-corrected chi connectivity index (χ1v) is 8.01. The van der Waals surface area contributed by atoms with E-state index in [0.29, 0.717) is 5.56 Å². The Labute approximate surface area is 107 Å². The van der Waals surface area contributed by atoms with Gasteiger partial charge < -0.3 is 5.73 Å². The van der Waals surface area contributed by atoms with E-state index >= 15 is 0 Å². The fourth-order valence-corrected chi connectivity index (χ4v) is 3.31. The molecule has 0 saturated heterocycles. The van der Waals surface area contributed by atoms with Gasteiger partial charge >= 0.3 is 0 Å². The van der Waals surface area contributed by atoms with E-state index in [1.165, 1.54) is 12.1 Å². The first kappa shape index (κ1) is 13.5. The molecule has 0 atom stereocenters. The van der Waals surface area contributed by atoms with Crippen LogP contribution < -0.4 is 5.73 Å². The molecule has 0 bridgehead atoms. The number of rotatable bonds is 2. The van der Waals surface area contributed by atoms with Gasteiger partial charge in [-0.2, -0.15) is 0 Å². The predicted molar refractivity (Wildman–Crippen MR) is 68.5 cm³/mol. The van der Waals surface area contributed by atoms with Crippen molar-refractivity contribution in [1.29, 1.82) is 0 Å². The van der Waals surface area contributed by atoms with E-state index in [1.807, 2.05) is 0 Å². The maximum Gasteiger partial charge on any atom is 0.178 e. The average Bonchev–Trinajstić information content (AvgIpc) is 2.28. The van der Waals surface area contributed by atoms with Crippen LogP contribution in [0, 0.1) is 5.82 Å². The molecule has 1 fully saturated rings. The van der Waals surface area contributed by atoms with Gasteiger partial charge in [-0.25, -0.2) is 12.8 Å². The Balaban J connectivity index is 2.40. The van der Waals surface area contributed by atoms with Gasteiger partial charge in [0.05, 0.1) is 0 Å². The van der Waals surface area contributed by atoms with Crippen molar-refractivity contribution in [2.75, 3.05) is 6.26 Å². The van der Waals surface area contributed by atoms with Crippen LogP contribution in [0.4, 0.5) is 4.39 Å². The van der Waals surface area contributed by atoms with E-state index in [9.17, 15) is 12.8 Å². The Morgan fingerprint density at radius 1 is 1.22 bits per heavy atom. The molecule has 0 heterocycles. The molecule has 1 saturated carbocycles. The number of hydrogen-bond acceptors (Lipinski definition) is 3.